The Bertz CT molecular complexity index is 650. The number of amides is 1. The minimum Gasteiger partial charge on any atom is -0.504 e. The Morgan fingerprint density at radius 3 is 2.55 bits per heavy atom. The number of hydrogen-bond donors (Lipinski definition) is 2. The highest BCUT2D eigenvalue weighted by Crippen LogP contribution is 2.27. The average molecular weight is 271 g/mol. The van der Waals surface area contributed by atoms with Gasteiger partial charge in [0.05, 0.1) is 7.11 Å². The lowest BCUT2D eigenvalue weighted by Gasteiger charge is -2.10. The first-order chi connectivity index (χ1) is 9.51. The number of ether oxygens (including phenoxy) is 1. The lowest BCUT2D eigenvalue weighted by atomic mass is 10.1. The van der Waals surface area contributed by atoms with Crippen molar-refractivity contribution in [3.8, 4) is 11.5 Å². The van der Waals surface area contributed by atoms with E-state index in [1.165, 1.54) is 19.2 Å². The monoisotopic (exact) mass is 271 g/mol. The van der Waals surface area contributed by atoms with E-state index in [4.69, 9.17) is 4.74 Å². The summed E-state index contributed by atoms with van der Waals surface area (Å²) in [7, 11) is 1.45. The first-order valence-electron chi connectivity index (χ1n) is 6.27. The van der Waals surface area contributed by atoms with E-state index in [1.807, 2.05) is 32.0 Å². The highest BCUT2D eigenvalue weighted by atomic mass is 16.5. The first kappa shape index (κ1) is 13.9. The van der Waals surface area contributed by atoms with Crippen molar-refractivity contribution in [3.63, 3.8) is 0 Å². The zero-order chi connectivity index (χ0) is 14.7. The fraction of sp³-hybridized carbons (Fsp3) is 0.188. The normalized spacial score (nSPS) is 10.2. The molecule has 4 heteroatoms. The summed E-state index contributed by atoms with van der Waals surface area (Å²) < 4.78 is 5.00. The first-order valence-corrected chi connectivity index (χ1v) is 6.27. The smallest absolute Gasteiger partial charge is 0.255 e. The van der Waals surface area contributed by atoms with E-state index in [9.17, 15) is 9.90 Å². The fourth-order valence-electron chi connectivity index (χ4n) is 1.97. The Balaban J connectivity index is 2.24. The third kappa shape index (κ3) is 2.91. The van der Waals surface area contributed by atoms with Gasteiger partial charge in [-0.25, -0.2) is 0 Å². The molecule has 0 aliphatic rings. The average Bonchev–Trinajstić information content (AvgIpc) is 2.42. The van der Waals surface area contributed by atoms with Gasteiger partial charge in [-0.1, -0.05) is 17.7 Å². The second-order valence-corrected chi connectivity index (χ2v) is 4.66. The molecular formula is C16H17NO3. The molecule has 104 valence electrons. The summed E-state index contributed by atoms with van der Waals surface area (Å²) in [6, 6.07) is 10.3. The number of anilines is 1. The number of aryl methyl sites for hydroxylation is 2. The van der Waals surface area contributed by atoms with Crippen molar-refractivity contribution in [2.24, 2.45) is 0 Å². The molecule has 0 fully saturated rings. The number of phenols is 1. The van der Waals surface area contributed by atoms with Gasteiger partial charge in [-0.2, -0.15) is 0 Å². The van der Waals surface area contributed by atoms with Crippen molar-refractivity contribution in [2.75, 3.05) is 12.4 Å². The number of methoxy groups -OCH3 is 1. The SMILES string of the molecule is COc1cc(C(=O)Nc2ccc(C)cc2C)ccc1O. The number of carbonyl (C=O) groups excluding carboxylic acids is 1. The van der Waals surface area contributed by atoms with E-state index in [0.29, 0.717) is 5.56 Å². The fourth-order valence-corrected chi connectivity index (χ4v) is 1.97. The van der Waals surface area contributed by atoms with Gasteiger partial charge < -0.3 is 15.2 Å². The summed E-state index contributed by atoms with van der Waals surface area (Å²) in [5, 5.41) is 12.4. The Labute approximate surface area is 118 Å². The van der Waals surface area contributed by atoms with Gasteiger partial charge in [0.1, 0.15) is 0 Å². The highest BCUT2D eigenvalue weighted by molar-refractivity contribution is 6.05. The molecule has 0 aliphatic carbocycles. The van der Waals surface area contributed by atoms with E-state index in [0.717, 1.165) is 16.8 Å². The lowest BCUT2D eigenvalue weighted by molar-refractivity contribution is 0.102. The molecule has 2 N–H and O–H groups in total. The number of nitrogens with one attached hydrogen (secondary N) is 1. The van der Waals surface area contributed by atoms with Gasteiger partial charge in [-0.3, -0.25) is 4.79 Å². The Morgan fingerprint density at radius 1 is 1.15 bits per heavy atom. The Kier molecular flexibility index (Phi) is 3.94. The van der Waals surface area contributed by atoms with Gasteiger partial charge in [0.25, 0.3) is 5.91 Å². The van der Waals surface area contributed by atoms with Gasteiger partial charge in [0.2, 0.25) is 0 Å². The quantitative estimate of drug-likeness (QED) is 0.900. The van der Waals surface area contributed by atoms with E-state index < -0.39 is 0 Å². The van der Waals surface area contributed by atoms with E-state index in [2.05, 4.69) is 5.32 Å². The summed E-state index contributed by atoms with van der Waals surface area (Å²) in [5.41, 5.74) is 3.35. The predicted octanol–water partition coefficient (Wildman–Crippen LogP) is 3.27. The third-order valence-electron chi connectivity index (χ3n) is 3.07. The van der Waals surface area contributed by atoms with Crippen LogP contribution in [-0.4, -0.2) is 18.1 Å². The summed E-state index contributed by atoms with van der Waals surface area (Å²) >= 11 is 0. The standard InChI is InChI=1S/C16H17NO3/c1-10-4-6-13(11(2)8-10)17-16(19)12-5-7-14(18)15(9-12)20-3/h4-9,18H,1-3H3,(H,17,19). The summed E-state index contributed by atoms with van der Waals surface area (Å²) in [4.78, 5) is 12.2. The second-order valence-electron chi connectivity index (χ2n) is 4.66. The molecule has 0 saturated carbocycles. The maximum absolute atomic E-state index is 12.2. The van der Waals surface area contributed by atoms with Crippen LogP contribution in [0.2, 0.25) is 0 Å². The van der Waals surface area contributed by atoms with Gasteiger partial charge in [-0.05, 0) is 43.7 Å². The summed E-state index contributed by atoms with van der Waals surface area (Å²) in [6.07, 6.45) is 0. The minimum absolute atomic E-state index is 0.00978. The molecule has 0 heterocycles. The van der Waals surface area contributed by atoms with Crippen molar-refractivity contribution >= 4 is 11.6 Å². The molecule has 0 bridgehead atoms. The molecule has 0 aliphatic heterocycles. The van der Waals surface area contributed by atoms with Crippen LogP contribution in [0.15, 0.2) is 36.4 Å². The number of aromatic hydroxyl groups is 1. The van der Waals surface area contributed by atoms with Gasteiger partial charge in [-0.15, -0.1) is 0 Å². The maximum Gasteiger partial charge on any atom is 0.255 e. The minimum atomic E-state index is -0.241. The molecule has 4 nitrogen and oxygen atoms in total. The number of carbonyl (C=O) groups is 1. The van der Waals surface area contributed by atoms with Crippen molar-refractivity contribution in [2.45, 2.75) is 13.8 Å². The highest BCUT2D eigenvalue weighted by Gasteiger charge is 2.11. The van der Waals surface area contributed by atoms with Crippen LogP contribution in [0.25, 0.3) is 0 Å². The second kappa shape index (κ2) is 5.65. The van der Waals surface area contributed by atoms with Gasteiger partial charge in [0, 0.05) is 11.3 Å². The number of benzene rings is 2. The molecule has 2 rings (SSSR count). The Hall–Kier alpha value is -2.49. The number of phenolic OH excluding ortho intramolecular Hbond substituents is 1. The molecule has 0 unspecified atom stereocenters. The van der Waals surface area contributed by atoms with Crippen LogP contribution >= 0.6 is 0 Å². The Morgan fingerprint density at radius 2 is 1.90 bits per heavy atom. The third-order valence-corrected chi connectivity index (χ3v) is 3.07. The molecule has 0 saturated heterocycles. The number of rotatable bonds is 3. The largest absolute Gasteiger partial charge is 0.504 e. The molecular weight excluding hydrogens is 254 g/mol. The molecule has 0 aromatic heterocycles. The van der Waals surface area contributed by atoms with E-state index in [-0.39, 0.29) is 17.4 Å². The van der Waals surface area contributed by atoms with Gasteiger partial charge in [0.15, 0.2) is 11.5 Å². The predicted molar refractivity (Wildman–Crippen MR) is 78.5 cm³/mol. The van der Waals surface area contributed by atoms with Crippen LogP contribution in [0, 0.1) is 13.8 Å². The van der Waals surface area contributed by atoms with Crippen LogP contribution < -0.4 is 10.1 Å². The van der Waals surface area contributed by atoms with Crippen molar-refractivity contribution in [1.82, 2.24) is 0 Å². The molecule has 0 atom stereocenters. The lowest BCUT2D eigenvalue weighted by Crippen LogP contribution is -2.12. The van der Waals surface area contributed by atoms with Crippen molar-refractivity contribution in [3.05, 3.63) is 53.1 Å². The molecule has 0 radical (unpaired) electrons. The molecule has 0 spiro atoms. The molecule has 2 aromatic carbocycles. The number of hydrogen-bond acceptors (Lipinski definition) is 3. The van der Waals surface area contributed by atoms with Crippen LogP contribution in [0.5, 0.6) is 11.5 Å². The zero-order valence-electron chi connectivity index (χ0n) is 11.7. The zero-order valence-corrected chi connectivity index (χ0v) is 11.7. The van der Waals surface area contributed by atoms with Crippen LogP contribution in [0.4, 0.5) is 5.69 Å². The molecule has 20 heavy (non-hydrogen) atoms. The molecule has 2 aromatic rings. The van der Waals surface area contributed by atoms with Crippen molar-refractivity contribution < 1.29 is 14.6 Å². The van der Waals surface area contributed by atoms with Crippen LogP contribution in [-0.2, 0) is 0 Å². The van der Waals surface area contributed by atoms with E-state index in [1.54, 1.807) is 6.07 Å². The van der Waals surface area contributed by atoms with Crippen molar-refractivity contribution in [1.29, 1.82) is 0 Å². The maximum atomic E-state index is 12.2. The molecule has 1 amide bonds. The topological polar surface area (TPSA) is 58.6 Å². The van der Waals surface area contributed by atoms with Crippen LogP contribution in [0.3, 0.4) is 0 Å². The summed E-state index contributed by atoms with van der Waals surface area (Å²) in [6.45, 7) is 3.95. The van der Waals surface area contributed by atoms with Gasteiger partial charge >= 0.3 is 0 Å². The van der Waals surface area contributed by atoms with E-state index >= 15 is 0 Å². The van der Waals surface area contributed by atoms with Crippen LogP contribution in [0.1, 0.15) is 21.5 Å². The summed E-state index contributed by atoms with van der Waals surface area (Å²) in [5.74, 6) is 0.0455.